The Morgan fingerprint density at radius 2 is 2.18 bits per heavy atom. The van der Waals surface area contributed by atoms with Crippen LogP contribution >= 0.6 is 27.5 Å². The van der Waals surface area contributed by atoms with Crippen molar-refractivity contribution in [2.75, 3.05) is 0 Å². The molecule has 1 amide bonds. The van der Waals surface area contributed by atoms with Crippen molar-refractivity contribution in [3.8, 4) is 0 Å². The summed E-state index contributed by atoms with van der Waals surface area (Å²) >= 11 is 9.35. The summed E-state index contributed by atoms with van der Waals surface area (Å²) in [5.74, 6) is -0.100. The number of halogens is 2. The topological polar surface area (TPSA) is 29.1 Å². The molecule has 1 unspecified atom stereocenters. The highest BCUT2D eigenvalue weighted by Crippen LogP contribution is 2.21. The molecule has 1 aromatic rings. The molecule has 0 aliphatic heterocycles. The highest BCUT2D eigenvalue weighted by molar-refractivity contribution is 9.10. The Labute approximate surface area is 116 Å². The third-order valence-corrected chi connectivity index (χ3v) is 3.46. The predicted octanol–water partition coefficient (Wildman–Crippen LogP) is 4.41. The van der Waals surface area contributed by atoms with Gasteiger partial charge in [-0.1, -0.05) is 47.8 Å². The highest BCUT2D eigenvalue weighted by Gasteiger charge is 2.14. The summed E-state index contributed by atoms with van der Waals surface area (Å²) in [7, 11) is 0. The van der Waals surface area contributed by atoms with Crippen molar-refractivity contribution >= 4 is 33.4 Å². The second kappa shape index (κ2) is 7.02. The quantitative estimate of drug-likeness (QED) is 0.856. The van der Waals surface area contributed by atoms with E-state index in [2.05, 4.69) is 35.1 Å². The lowest BCUT2D eigenvalue weighted by Gasteiger charge is -2.16. The molecule has 1 atom stereocenters. The van der Waals surface area contributed by atoms with E-state index in [-0.39, 0.29) is 11.9 Å². The fraction of sp³-hybridized carbons (Fsp3) is 0.462. The van der Waals surface area contributed by atoms with Crippen LogP contribution in [0.1, 0.15) is 43.5 Å². The van der Waals surface area contributed by atoms with Crippen LogP contribution in [0.4, 0.5) is 0 Å². The first-order valence-electron chi connectivity index (χ1n) is 5.84. The van der Waals surface area contributed by atoms with E-state index >= 15 is 0 Å². The molecule has 0 aliphatic carbocycles. The molecular weight excluding hydrogens is 302 g/mol. The van der Waals surface area contributed by atoms with Gasteiger partial charge in [-0.3, -0.25) is 4.79 Å². The Morgan fingerprint density at radius 3 is 2.76 bits per heavy atom. The van der Waals surface area contributed by atoms with E-state index in [9.17, 15) is 4.79 Å². The Morgan fingerprint density at radius 1 is 1.47 bits per heavy atom. The van der Waals surface area contributed by atoms with Gasteiger partial charge in [0.1, 0.15) is 0 Å². The molecule has 1 N–H and O–H groups in total. The van der Waals surface area contributed by atoms with Gasteiger partial charge in [0, 0.05) is 10.5 Å². The molecule has 1 rings (SSSR count). The summed E-state index contributed by atoms with van der Waals surface area (Å²) < 4.78 is 0.857. The smallest absolute Gasteiger partial charge is 0.253 e. The van der Waals surface area contributed by atoms with Gasteiger partial charge in [0.05, 0.1) is 10.6 Å². The zero-order valence-electron chi connectivity index (χ0n) is 10.1. The number of hydrogen-bond donors (Lipinski definition) is 1. The highest BCUT2D eigenvalue weighted by atomic mass is 79.9. The molecule has 0 radical (unpaired) electrons. The van der Waals surface area contributed by atoms with Crippen LogP contribution in [0.2, 0.25) is 5.02 Å². The van der Waals surface area contributed by atoms with Gasteiger partial charge in [-0.25, -0.2) is 0 Å². The third-order valence-electron chi connectivity index (χ3n) is 2.64. The minimum atomic E-state index is -0.100. The van der Waals surface area contributed by atoms with Gasteiger partial charge in [-0.2, -0.15) is 0 Å². The number of benzene rings is 1. The molecule has 4 heteroatoms. The number of carbonyl (C=O) groups excluding carboxylic acids is 1. The van der Waals surface area contributed by atoms with Crippen molar-refractivity contribution in [3.05, 3.63) is 33.3 Å². The largest absolute Gasteiger partial charge is 0.349 e. The molecule has 0 spiro atoms. The van der Waals surface area contributed by atoms with Crippen molar-refractivity contribution in [2.45, 2.75) is 39.2 Å². The van der Waals surface area contributed by atoms with E-state index in [0.717, 1.165) is 23.7 Å². The van der Waals surface area contributed by atoms with Gasteiger partial charge < -0.3 is 5.32 Å². The number of hydrogen-bond acceptors (Lipinski definition) is 1. The van der Waals surface area contributed by atoms with Crippen molar-refractivity contribution in [2.24, 2.45) is 0 Å². The Balaban J connectivity index is 2.78. The third kappa shape index (κ3) is 4.32. The van der Waals surface area contributed by atoms with Crippen LogP contribution in [0.25, 0.3) is 0 Å². The van der Waals surface area contributed by atoms with Gasteiger partial charge in [-0.15, -0.1) is 0 Å². The van der Waals surface area contributed by atoms with Crippen molar-refractivity contribution in [1.82, 2.24) is 5.32 Å². The molecule has 17 heavy (non-hydrogen) atoms. The Hall–Kier alpha value is -0.540. The number of amides is 1. The van der Waals surface area contributed by atoms with Crippen LogP contribution in [0.5, 0.6) is 0 Å². The van der Waals surface area contributed by atoms with Crippen molar-refractivity contribution in [1.29, 1.82) is 0 Å². The van der Waals surface area contributed by atoms with Crippen LogP contribution in [0.15, 0.2) is 22.7 Å². The van der Waals surface area contributed by atoms with Gasteiger partial charge in [0.15, 0.2) is 0 Å². The van der Waals surface area contributed by atoms with E-state index in [4.69, 9.17) is 11.6 Å². The number of nitrogens with one attached hydrogen (secondary N) is 1. The average molecular weight is 319 g/mol. The van der Waals surface area contributed by atoms with E-state index in [1.807, 2.05) is 6.07 Å². The molecule has 0 aromatic heterocycles. The molecule has 0 heterocycles. The summed E-state index contributed by atoms with van der Waals surface area (Å²) in [5.41, 5.74) is 0.524. The lowest BCUT2D eigenvalue weighted by molar-refractivity contribution is 0.0934. The van der Waals surface area contributed by atoms with Gasteiger partial charge in [0.25, 0.3) is 5.91 Å². The fourth-order valence-electron chi connectivity index (χ4n) is 1.66. The van der Waals surface area contributed by atoms with Gasteiger partial charge in [-0.05, 0) is 31.0 Å². The minimum absolute atomic E-state index is 0.100. The maximum absolute atomic E-state index is 12.0. The lowest BCUT2D eigenvalue weighted by Crippen LogP contribution is -2.34. The maximum Gasteiger partial charge on any atom is 0.253 e. The number of carbonyl (C=O) groups is 1. The van der Waals surface area contributed by atoms with Crippen LogP contribution < -0.4 is 5.32 Å². The molecule has 1 aromatic carbocycles. The van der Waals surface area contributed by atoms with E-state index in [1.54, 1.807) is 12.1 Å². The Bertz CT molecular complexity index is 395. The summed E-state index contributed by atoms with van der Waals surface area (Å²) in [4.78, 5) is 12.0. The average Bonchev–Trinajstić information content (AvgIpc) is 2.31. The van der Waals surface area contributed by atoms with E-state index in [0.29, 0.717) is 10.6 Å². The zero-order chi connectivity index (χ0) is 12.8. The summed E-state index contributed by atoms with van der Waals surface area (Å²) in [6, 6.07) is 5.52. The predicted molar refractivity (Wildman–Crippen MR) is 75.6 cm³/mol. The van der Waals surface area contributed by atoms with E-state index < -0.39 is 0 Å². The van der Waals surface area contributed by atoms with E-state index in [1.165, 1.54) is 0 Å². The first-order valence-corrected chi connectivity index (χ1v) is 7.01. The molecule has 0 saturated carbocycles. The molecule has 0 bridgehead atoms. The fourth-order valence-corrected chi connectivity index (χ4v) is 2.23. The molecule has 94 valence electrons. The molecule has 0 fully saturated rings. The summed E-state index contributed by atoms with van der Waals surface area (Å²) in [6.45, 7) is 4.18. The minimum Gasteiger partial charge on any atom is -0.349 e. The molecule has 0 aliphatic rings. The second-order valence-corrected chi connectivity index (χ2v) is 5.31. The first-order chi connectivity index (χ1) is 8.08. The normalized spacial score (nSPS) is 12.2. The van der Waals surface area contributed by atoms with Crippen LogP contribution in [0.3, 0.4) is 0 Å². The molecule has 0 saturated heterocycles. The summed E-state index contributed by atoms with van der Waals surface area (Å²) in [6.07, 6.45) is 2.99. The van der Waals surface area contributed by atoms with Crippen molar-refractivity contribution in [3.63, 3.8) is 0 Å². The van der Waals surface area contributed by atoms with Gasteiger partial charge >= 0.3 is 0 Å². The lowest BCUT2D eigenvalue weighted by atomic mass is 10.1. The van der Waals surface area contributed by atoms with Crippen LogP contribution in [-0.2, 0) is 0 Å². The zero-order valence-corrected chi connectivity index (χ0v) is 12.4. The molecular formula is C13H17BrClNO. The van der Waals surface area contributed by atoms with Crippen LogP contribution in [-0.4, -0.2) is 11.9 Å². The summed E-state index contributed by atoms with van der Waals surface area (Å²) in [5, 5.41) is 3.49. The Kier molecular flexibility index (Phi) is 6.00. The first kappa shape index (κ1) is 14.5. The molecule has 2 nitrogen and oxygen atoms in total. The second-order valence-electron chi connectivity index (χ2n) is 3.99. The van der Waals surface area contributed by atoms with Gasteiger partial charge in [0.2, 0.25) is 0 Å². The van der Waals surface area contributed by atoms with Crippen LogP contribution in [0, 0.1) is 0 Å². The van der Waals surface area contributed by atoms with Crippen molar-refractivity contribution < 1.29 is 4.79 Å². The SMILES string of the molecule is CCCC(CC)NC(=O)c1cc(Br)ccc1Cl. The number of rotatable bonds is 5. The monoisotopic (exact) mass is 317 g/mol. The maximum atomic E-state index is 12.0. The standard InChI is InChI=1S/C13H17BrClNO/c1-3-5-10(4-2)16-13(17)11-8-9(14)6-7-12(11)15/h6-8,10H,3-5H2,1-2H3,(H,16,17).